The first kappa shape index (κ1) is 13.5. The van der Waals surface area contributed by atoms with Gasteiger partial charge in [-0.1, -0.05) is 0 Å². The van der Waals surface area contributed by atoms with Crippen LogP contribution < -0.4 is 10.6 Å². The van der Waals surface area contributed by atoms with E-state index in [9.17, 15) is 4.79 Å². The van der Waals surface area contributed by atoms with Crippen LogP contribution in [0.4, 0.5) is 5.82 Å². The van der Waals surface area contributed by atoms with Gasteiger partial charge in [0.15, 0.2) is 10.4 Å². The van der Waals surface area contributed by atoms with Gasteiger partial charge in [0.1, 0.15) is 5.82 Å². The summed E-state index contributed by atoms with van der Waals surface area (Å²) >= 11 is 3.14. The van der Waals surface area contributed by atoms with Crippen LogP contribution >= 0.6 is 15.9 Å². The summed E-state index contributed by atoms with van der Waals surface area (Å²) in [6, 6.07) is 7.00. The number of hydrogen-bond acceptors (Lipinski definition) is 5. The Morgan fingerprint density at radius 3 is 2.74 bits per heavy atom. The second-order valence-electron chi connectivity index (χ2n) is 3.85. The molecular weight excluding hydrogens is 312 g/mol. The number of rotatable bonds is 5. The molecule has 6 nitrogen and oxygen atoms in total. The maximum absolute atomic E-state index is 11.6. The summed E-state index contributed by atoms with van der Waals surface area (Å²) in [7, 11) is 0. The molecule has 0 radical (unpaired) electrons. The number of anilines is 1. The molecule has 0 aliphatic carbocycles. The highest BCUT2D eigenvalue weighted by molar-refractivity contribution is 9.10. The minimum Gasteiger partial charge on any atom is -0.444 e. The maximum Gasteiger partial charge on any atom is 0.287 e. The average Bonchev–Trinajstić information content (AvgIpc) is 2.83. The standard InChI is InChI=1S/C12H13BrN4O2/c1-8-2-5-11(17-16-8)14-6-7-15-12(18)9-3-4-10(13)19-9/h2-5H,6-7H2,1H3,(H,14,17)(H,15,18). The van der Waals surface area contributed by atoms with E-state index >= 15 is 0 Å². The second-order valence-corrected chi connectivity index (χ2v) is 4.63. The van der Waals surface area contributed by atoms with E-state index in [2.05, 4.69) is 36.8 Å². The fraction of sp³-hybridized carbons (Fsp3) is 0.250. The third kappa shape index (κ3) is 4.06. The molecule has 2 N–H and O–H groups in total. The van der Waals surface area contributed by atoms with Gasteiger partial charge < -0.3 is 15.1 Å². The number of carbonyl (C=O) groups excluding carboxylic acids is 1. The number of nitrogens with zero attached hydrogens (tertiary/aromatic N) is 2. The van der Waals surface area contributed by atoms with Crippen molar-refractivity contribution in [3.63, 3.8) is 0 Å². The zero-order chi connectivity index (χ0) is 13.7. The van der Waals surface area contributed by atoms with Crippen LogP contribution in [0.15, 0.2) is 33.4 Å². The number of hydrogen-bond donors (Lipinski definition) is 2. The van der Waals surface area contributed by atoms with E-state index < -0.39 is 0 Å². The van der Waals surface area contributed by atoms with Crippen molar-refractivity contribution in [3.8, 4) is 0 Å². The Morgan fingerprint density at radius 1 is 1.26 bits per heavy atom. The summed E-state index contributed by atoms with van der Waals surface area (Å²) in [6.45, 7) is 2.90. The third-order valence-electron chi connectivity index (χ3n) is 2.31. The van der Waals surface area contributed by atoms with Crippen molar-refractivity contribution >= 4 is 27.7 Å². The first-order valence-corrected chi connectivity index (χ1v) is 6.52. The summed E-state index contributed by atoms with van der Waals surface area (Å²) in [6.07, 6.45) is 0. The monoisotopic (exact) mass is 324 g/mol. The Hall–Kier alpha value is -1.89. The molecule has 7 heteroatoms. The molecule has 0 atom stereocenters. The lowest BCUT2D eigenvalue weighted by Gasteiger charge is -2.05. The lowest BCUT2D eigenvalue weighted by Crippen LogP contribution is -2.28. The molecule has 2 aromatic heterocycles. The molecule has 19 heavy (non-hydrogen) atoms. The van der Waals surface area contributed by atoms with Gasteiger partial charge in [0.05, 0.1) is 5.69 Å². The van der Waals surface area contributed by atoms with Gasteiger partial charge >= 0.3 is 0 Å². The highest BCUT2D eigenvalue weighted by Crippen LogP contribution is 2.13. The Labute approximate surface area is 118 Å². The molecule has 1 amide bonds. The molecule has 0 unspecified atom stereocenters. The number of carbonyl (C=O) groups is 1. The summed E-state index contributed by atoms with van der Waals surface area (Å²) in [4.78, 5) is 11.6. The Balaban J connectivity index is 1.72. The molecule has 0 saturated carbocycles. The molecule has 0 aliphatic rings. The van der Waals surface area contributed by atoms with Gasteiger partial charge in [-0.15, -0.1) is 5.10 Å². The van der Waals surface area contributed by atoms with Gasteiger partial charge in [0.25, 0.3) is 5.91 Å². The molecule has 0 spiro atoms. The third-order valence-corrected chi connectivity index (χ3v) is 2.74. The van der Waals surface area contributed by atoms with Crippen molar-refractivity contribution in [3.05, 3.63) is 40.4 Å². The zero-order valence-corrected chi connectivity index (χ0v) is 11.9. The fourth-order valence-electron chi connectivity index (χ4n) is 1.38. The van der Waals surface area contributed by atoms with E-state index in [1.54, 1.807) is 12.1 Å². The summed E-state index contributed by atoms with van der Waals surface area (Å²) in [5, 5.41) is 13.7. The van der Waals surface area contributed by atoms with Crippen LogP contribution in [0.2, 0.25) is 0 Å². The van der Waals surface area contributed by atoms with Crippen LogP contribution in [0.5, 0.6) is 0 Å². The molecule has 0 aliphatic heterocycles. The first-order chi connectivity index (χ1) is 9.15. The Kier molecular flexibility index (Phi) is 4.51. The lowest BCUT2D eigenvalue weighted by atomic mass is 10.4. The smallest absolute Gasteiger partial charge is 0.287 e. The van der Waals surface area contributed by atoms with Gasteiger partial charge in [-0.3, -0.25) is 4.79 Å². The van der Waals surface area contributed by atoms with E-state index in [0.717, 1.165) is 5.69 Å². The van der Waals surface area contributed by atoms with Crippen molar-refractivity contribution in [1.82, 2.24) is 15.5 Å². The first-order valence-electron chi connectivity index (χ1n) is 5.73. The molecule has 2 aromatic rings. The van der Waals surface area contributed by atoms with Crippen LogP contribution in [-0.2, 0) is 0 Å². The van der Waals surface area contributed by atoms with Gasteiger partial charge in [0, 0.05) is 13.1 Å². The zero-order valence-electron chi connectivity index (χ0n) is 10.3. The van der Waals surface area contributed by atoms with Crippen LogP contribution in [0, 0.1) is 6.92 Å². The van der Waals surface area contributed by atoms with E-state index in [1.807, 2.05) is 19.1 Å². The largest absolute Gasteiger partial charge is 0.444 e. The van der Waals surface area contributed by atoms with Crippen LogP contribution in [0.1, 0.15) is 16.2 Å². The number of nitrogens with one attached hydrogen (secondary N) is 2. The summed E-state index contributed by atoms with van der Waals surface area (Å²) in [5.74, 6) is 0.713. The predicted molar refractivity (Wildman–Crippen MR) is 74.0 cm³/mol. The van der Waals surface area contributed by atoms with E-state index in [0.29, 0.717) is 23.6 Å². The molecule has 0 fully saturated rings. The van der Waals surface area contributed by atoms with Gasteiger partial charge in [0.2, 0.25) is 0 Å². The summed E-state index contributed by atoms with van der Waals surface area (Å²) in [5.41, 5.74) is 0.863. The molecule has 100 valence electrons. The van der Waals surface area contributed by atoms with Crippen LogP contribution in [-0.4, -0.2) is 29.2 Å². The van der Waals surface area contributed by atoms with Crippen LogP contribution in [0.25, 0.3) is 0 Å². The van der Waals surface area contributed by atoms with Gasteiger partial charge in [-0.05, 0) is 47.1 Å². The fourth-order valence-corrected chi connectivity index (χ4v) is 1.69. The Bertz CT molecular complexity index is 553. The molecule has 2 rings (SSSR count). The van der Waals surface area contributed by atoms with E-state index in [4.69, 9.17) is 4.42 Å². The molecule has 0 saturated heterocycles. The minimum absolute atomic E-state index is 0.248. The Morgan fingerprint density at radius 2 is 2.11 bits per heavy atom. The van der Waals surface area contributed by atoms with Crippen LogP contribution in [0.3, 0.4) is 0 Å². The molecule has 0 aromatic carbocycles. The van der Waals surface area contributed by atoms with Gasteiger partial charge in [-0.2, -0.15) is 5.10 Å². The van der Waals surface area contributed by atoms with E-state index in [-0.39, 0.29) is 11.7 Å². The number of amides is 1. The number of furan rings is 1. The minimum atomic E-state index is -0.248. The second kappa shape index (κ2) is 6.33. The highest BCUT2D eigenvalue weighted by atomic mass is 79.9. The van der Waals surface area contributed by atoms with Crippen molar-refractivity contribution in [2.75, 3.05) is 18.4 Å². The average molecular weight is 325 g/mol. The molecule has 0 bridgehead atoms. The highest BCUT2D eigenvalue weighted by Gasteiger charge is 2.08. The quantitative estimate of drug-likeness (QED) is 0.822. The van der Waals surface area contributed by atoms with Crippen molar-refractivity contribution in [2.24, 2.45) is 0 Å². The van der Waals surface area contributed by atoms with Crippen molar-refractivity contribution in [2.45, 2.75) is 6.92 Å². The summed E-state index contributed by atoms with van der Waals surface area (Å²) < 4.78 is 5.67. The maximum atomic E-state index is 11.6. The predicted octanol–water partition coefficient (Wildman–Crippen LogP) is 1.98. The SMILES string of the molecule is Cc1ccc(NCCNC(=O)c2ccc(Br)o2)nn1. The van der Waals surface area contributed by atoms with Crippen molar-refractivity contribution in [1.29, 1.82) is 0 Å². The number of aromatic nitrogens is 2. The topological polar surface area (TPSA) is 80.0 Å². The molecule has 2 heterocycles. The van der Waals surface area contributed by atoms with Crippen molar-refractivity contribution < 1.29 is 9.21 Å². The molecular formula is C12H13BrN4O2. The van der Waals surface area contributed by atoms with E-state index in [1.165, 1.54) is 0 Å². The number of halogens is 1. The normalized spacial score (nSPS) is 10.2. The number of aryl methyl sites for hydroxylation is 1. The lowest BCUT2D eigenvalue weighted by molar-refractivity contribution is 0.0926. The van der Waals surface area contributed by atoms with Gasteiger partial charge in [-0.25, -0.2) is 0 Å².